The van der Waals surface area contributed by atoms with Crippen LogP contribution in [0.15, 0.2) is 6.20 Å². The van der Waals surface area contributed by atoms with E-state index in [1.807, 2.05) is 0 Å². The number of aromatic nitrogens is 1. The van der Waals surface area contributed by atoms with Crippen LogP contribution < -0.4 is 4.74 Å². The van der Waals surface area contributed by atoms with Gasteiger partial charge in [0, 0.05) is 11.8 Å². The van der Waals surface area contributed by atoms with Crippen LogP contribution in [0.1, 0.15) is 17.6 Å². The lowest BCUT2D eigenvalue weighted by Crippen LogP contribution is -2.00. The molecule has 5 heteroatoms. The number of halogens is 3. The zero-order valence-corrected chi connectivity index (χ0v) is 9.30. The fourth-order valence-corrected chi connectivity index (χ4v) is 1.67. The molecule has 72 valence electrons. The first-order valence-electron chi connectivity index (χ1n) is 3.55. The molecule has 0 spiro atoms. The molecule has 0 saturated carbocycles. The summed E-state index contributed by atoms with van der Waals surface area (Å²) >= 11 is 1.77. The molecule has 1 aromatic rings. The number of methoxy groups -OCH3 is 1. The smallest absolute Gasteiger partial charge is 0.269 e. The molecule has 0 N–H and O–H groups in total. The van der Waals surface area contributed by atoms with E-state index in [0.29, 0.717) is 5.56 Å². The first kappa shape index (κ1) is 10.6. The molecule has 0 unspecified atom stereocenters. The van der Waals surface area contributed by atoms with Crippen molar-refractivity contribution in [1.82, 2.24) is 4.98 Å². The second-order valence-electron chi connectivity index (χ2n) is 2.48. The molecular weight excluding hydrogens is 291 g/mol. The van der Waals surface area contributed by atoms with Crippen LogP contribution in [0.2, 0.25) is 0 Å². The van der Waals surface area contributed by atoms with Gasteiger partial charge in [0.1, 0.15) is 9.45 Å². The highest BCUT2D eigenvalue weighted by Gasteiger charge is 2.20. The largest absolute Gasteiger partial charge is 0.496 e. The Hall–Kier alpha value is -0.460. The predicted molar refractivity (Wildman–Crippen MR) is 53.2 cm³/mol. The molecule has 1 heterocycles. The number of pyridine rings is 1. The van der Waals surface area contributed by atoms with Crippen LogP contribution in [0.4, 0.5) is 8.78 Å². The minimum Gasteiger partial charge on any atom is -0.496 e. The van der Waals surface area contributed by atoms with Crippen LogP contribution >= 0.6 is 22.6 Å². The predicted octanol–water partition coefficient (Wildman–Crippen LogP) is 2.94. The molecule has 0 aliphatic heterocycles. The van der Waals surface area contributed by atoms with Crippen LogP contribution in [-0.4, -0.2) is 12.1 Å². The molecule has 0 amide bonds. The molecule has 0 bridgehead atoms. The Bertz CT molecular complexity index is 317. The zero-order valence-electron chi connectivity index (χ0n) is 7.14. The lowest BCUT2D eigenvalue weighted by atomic mass is 10.2. The average molecular weight is 299 g/mol. The number of hydrogen-bond donors (Lipinski definition) is 0. The first-order valence-corrected chi connectivity index (χ1v) is 4.63. The molecule has 0 radical (unpaired) electrons. The van der Waals surface area contributed by atoms with E-state index in [-0.39, 0.29) is 15.0 Å². The first-order chi connectivity index (χ1) is 6.07. The number of nitrogens with zero attached hydrogens (tertiary/aromatic N) is 1. The van der Waals surface area contributed by atoms with Gasteiger partial charge in [0.2, 0.25) is 0 Å². The molecule has 1 rings (SSSR count). The highest BCUT2D eigenvalue weighted by molar-refractivity contribution is 14.1. The van der Waals surface area contributed by atoms with E-state index in [1.165, 1.54) is 13.3 Å². The summed E-state index contributed by atoms with van der Waals surface area (Å²) in [6.45, 7) is 1.69. The van der Waals surface area contributed by atoms with Crippen LogP contribution in [0.3, 0.4) is 0 Å². The van der Waals surface area contributed by atoms with Gasteiger partial charge in [-0.2, -0.15) is 0 Å². The van der Waals surface area contributed by atoms with Crippen LogP contribution in [-0.2, 0) is 0 Å². The van der Waals surface area contributed by atoms with E-state index >= 15 is 0 Å². The highest BCUT2D eigenvalue weighted by atomic mass is 127. The third-order valence-corrected chi connectivity index (χ3v) is 2.48. The Labute approximate surface area is 88.5 Å². The topological polar surface area (TPSA) is 22.1 Å². The lowest BCUT2D eigenvalue weighted by molar-refractivity contribution is 0.145. The van der Waals surface area contributed by atoms with Gasteiger partial charge in [-0.3, -0.25) is 0 Å². The molecule has 0 aliphatic rings. The normalized spacial score (nSPS) is 10.6. The Morgan fingerprint density at radius 1 is 1.54 bits per heavy atom. The summed E-state index contributed by atoms with van der Waals surface area (Å²) in [5, 5.41) is 0. The van der Waals surface area contributed by atoms with Crippen molar-refractivity contribution in [3.8, 4) is 5.75 Å². The standard InChI is InChI=1S/C8H8F2INO/c1-4-3-12-8(11)5(7(9)10)6(4)13-2/h3,7H,1-2H3. The van der Waals surface area contributed by atoms with Crippen molar-refractivity contribution in [3.63, 3.8) is 0 Å². The molecule has 1 aromatic heterocycles. The Balaban J connectivity index is 3.35. The van der Waals surface area contributed by atoms with Crippen molar-refractivity contribution >= 4 is 22.6 Å². The SMILES string of the molecule is COc1c(C)cnc(I)c1C(F)F. The Morgan fingerprint density at radius 2 is 2.15 bits per heavy atom. The van der Waals surface area contributed by atoms with Crippen molar-refractivity contribution in [2.24, 2.45) is 0 Å². The maximum atomic E-state index is 12.5. The van der Waals surface area contributed by atoms with Crippen molar-refractivity contribution in [2.75, 3.05) is 7.11 Å². The maximum absolute atomic E-state index is 12.5. The highest BCUT2D eigenvalue weighted by Crippen LogP contribution is 2.33. The summed E-state index contributed by atoms with van der Waals surface area (Å²) in [5.41, 5.74) is 0.501. The van der Waals surface area contributed by atoms with Gasteiger partial charge in [-0.25, -0.2) is 13.8 Å². The second kappa shape index (κ2) is 4.17. The van der Waals surface area contributed by atoms with Crippen molar-refractivity contribution < 1.29 is 13.5 Å². The number of rotatable bonds is 2. The van der Waals surface area contributed by atoms with E-state index in [1.54, 1.807) is 29.5 Å². The molecule has 13 heavy (non-hydrogen) atoms. The monoisotopic (exact) mass is 299 g/mol. The number of aryl methyl sites for hydroxylation is 1. The summed E-state index contributed by atoms with van der Waals surface area (Å²) in [6.07, 6.45) is -1.03. The van der Waals surface area contributed by atoms with Gasteiger partial charge in [-0.1, -0.05) is 0 Å². The lowest BCUT2D eigenvalue weighted by Gasteiger charge is -2.11. The summed E-state index contributed by atoms with van der Waals surface area (Å²) in [5.74, 6) is 0.231. The van der Waals surface area contributed by atoms with Gasteiger partial charge in [0.25, 0.3) is 6.43 Å². The van der Waals surface area contributed by atoms with Crippen molar-refractivity contribution in [3.05, 3.63) is 21.0 Å². The third kappa shape index (κ3) is 2.07. The van der Waals surface area contributed by atoms with Gasteiger partial charge in [-0.05, 0) is 29.5 Å². The van der Waals surface area contributed by atoms with Crippen LogP contribution in [0, 0.1) is 10.6 Å². The van der Waals surface area contributed by atoms with Crippen LogP contribution in [0.25, 0.3) is 0 Å². The average Bonchev–Trinajstić information content (AvgIpc) is 2.07. The van der Waals surface area contributed by atoms with E-state index in [9.17, 15) is 8.78 Å². The van der Waals surface area contributed by atoms with Gasteiger partial charge < -0.3 is 4.74 Å². The molecule has 0 aromatic carbocycles. The van der Waals surface area contributed by atoms with E-state index in [2.05, 4.69) is 4.98 Å². The summed E-state index contributed by atoms with van der Waals surface area (Å²) in [7, 11) is 1.38. The third-order valence-electron chi connectivity index (χ3n) is 1.62. The summed E-state index contributed by atoms with van der Waals surface area (Å²) in [6, 6.07) is 0. The fraction of sp³-hybridized carbons (Fsp3) is 0.375. The van der Waals surface area contributed by atoms with Crippen LogP contribution in [0.5, 0.6) is 5.75 Å². The zero-order chi connectivity index (χ0) is 10.0. The molecular formula is C8H8F2INO. The van der Waals surface area contributed by atoms with Gasteiger partial charge in [-0.15, -0.1) is 0 Å². The number of alkyl halides is 2. The molecule has 0 fully saturated rings. The Morgan fingerprint density at radius 3 is 2.54 bits per heavy atom. The van der Waals surface area contributed by atoms with Gasteiger partial charge in [0.15, 0.2) is 0 Å². The summed E-state index contributed by atoms with van der Waals surface area (Å²) < 4.78 is 30.2. The minimum atomic E-state index is -2.55. The van der Waals surface area contributed by atoms with Gasteiger partial charge >= 0.3 is 0 Å². The molecule has 0 aliphatic carbocycles. The number of ether oxygens (including phenoxy) is 1. The molecule has 0 saturated heterocycles. The van der Waals surface area contributed by atoms with E-state index < -0.39 is 6.43 Å². The summed E-state index contributed by atoms with van der Waals surface area (Å²) in [4.78, 5) is 3.84. The quantitative estimate of drug-likeness (QED) is 0.619. The Kier molecular flexibility index (Phi) is 3.40. The van der Waals surface area contributed by atoms with Gasteiger partial charge in [0.05, 0.1) is 12.7 Å². The molecule has 0 atom stereocenters. The van der Waals surface area contributed by atoms with E-state index in [4.69, 9.17) is 4.74 Å². The minimum absolute atomic E-state index is 0.122. The number of hydrogen-bond acceptors (Lipinski definition) is 2. The molecule has 2 nitrogen and oxygen atoms in total. The second-order valence-corrected chi connectivity index (χ2v) is 3.50. The maximum Gasteiger partial charge on any atom is 0.269 e. The fourth-order valence-electron chi connectivity index (χ4n) is 1.05. The van der Waals surface area contributed by atoms with E-state index in [0.717, 1.165) is 0 Å². The van der Waals surface area contributed by atoms with Crippen molar-refractivity contribution in [2.45, 2.75) is 13.3 Å². The van der Waals surface area contributed by atoms with Crippen molar-refractivity contribution in [1.29, 1.82) is 0 Å².